The molecule has 1 atom stereocenters. The minimum Gasteiger partial charge on any atom is -0.357 e. The van der Waals surface area contributed by atoms with Crippen LogP contribution in [0.25, 0.3) is 11.2 Å². The van der Waals surface area contributed by atoms with Gasteiger partial charge >= 0.3 is 5.69 Å². The van der Waals surface area contributed by atoms with Gasteiger partial charge in [-0.15, -0.1) is 0 Å². The highest BCUT2D eigenvalue weighted by Gasteiger charge is 2.20. The summed E-state index contributed by atoms with van der Waals surface area (Å²) in [5.41, 5.74) is -0.411. The number of nitrogens with zero attached hydrogens (tertiary/aromatic N) is 4. The molecule has 2 aromatic rings. The minimum atomic E-state index is -0.583. The van der Waals surface area contributed by atoms with E-state index in [4.69, 9.17) is 0 Å². The van der Waals surface area contributed by atoms with Gasteiger partial charge in [0.15, 0.2) is 11.2 Å². The van der Waals surface area contributed by atoms with E-state index in [1.54, 1.807) is 6.92 Å². The predicted molar refractivity (Wildman–Crippen MR) is 69.0 cm³/mol. The van der Waals surface area contributed by atoms with Crippen LogP contribution < -0.4 is 16.6 Å². The summed E-state index contributed by atoms with van der Waals surface area (Å²) in [4.78, 5) is 39.6. The Hall–Kier alpha value is -2.38. The maximum Gasteiger partial charge on any atom is 0.332 e. The van der Waals surface area contributed by atoms with Gasteiger partial charge in [0.2, 0.25) is 5.91 Å². The van der Waals surface area contributed by atoms with Crippen LogP contribution in [0.1, 0.15) is 13.0 Å². The van der Waals surface area contributed by atoms with Crippen molar-refractivity contribution in [1.82, 2.24) is 24.0 Å². The molecule has 2 aromatic heterocycles. The van der Waals surface area contributed by atoms with Crippen molar-refractivity contribution in [2.45, 2.75) is 13.0 Å². The fraction of sp³-hybridized carbons (Fsp3) is 0.455. The zero-order valence-electron chi connectivity index (χ0n) is 11.2. The molecule has 8 nitrogen and oxygen atoms in total. The van der Waals surface area contributed by atoms with Gasteiger partial charge in [-0.2, -0.15) is 0 Å². The van der Waals surface area contributed by atoms with Crippen LogP contribution in [0.4, 0.5) is 0 Å². The van der Waals surface area contributed by atoms with Gasteiger partial charge in [0, 0.05) is 21.1 Å². The van der Waals surface area contributed by atoms with Crippen LogP contribution >= 0.6 is 0 Å². The zero-order valence-corrected chi connectivity index (χ0v) is 11.2. The predicted octanol–water partition coefficient (Wildman–Crippen LogP) is -1.26. The third-order valence-corrected chi connectivity index (χ3v) is 3.22. The molecule has 1 N–H and O–H groups in total. The van der Waals surface area contributed by atoms with Crippen molar-refractivity contribution in [3.63, 3.8) is 0 Å². The molecule has 19 heavy (non-hydrogen) atoms. The van der Waals surface area contributed by atoms with Gasteiger partial charge < -0.3 is 9.88 Å². The molecule has 102 valence electrons. The van der Waals surface area contributed by atoms with Crippen molar-refractivity contribution in [3.05, 3.63) is 27.2 Å². The highest BCUT2D eigenvalue weighted by molar-refractivity contribution is 5.82. The molecule has 0 bridgehead atoms. The Kier molecular flexibility index (Phi) is 3.01. The number of carbonyl (C=O) groups excluding carboxylic acids is 1. The van der Waals surface area contributed by atoms with Crippen molar-refractivity contribution < 1.29 is 4.79 Å². The average molecular weight is 265 g/mol. The molecule has 0 aliphatic heterocycles. The van der Waals surface area contributed by atoms with Crippen LogP contribution in [0.3, 0.4) is 0 Å². The lowest BCUT2D eigenvalue weighted by Crippen LogP contribution is -2.38. The van der Waals surface area contributed by atoms with Gasteiger partial charge in [-0.3, -0.25) is 18.7 Å². The van der Waals surface area contributed by atoms with Crippen molar-refractivity contribution >= 4 is 17.1 Å². The molecule has 0 aliphatic carbocycles. The van der Waals surface area contributed by atoms with Crippen molar-refractivity contribution in [3.8, 4) is 0 Å². The first-order valence-electron chi connectivity index (χ1n) is 5.74. The lowest BCUT2D eigenvalue weighted by Gasteiger charge is -2.12. The van der Waals surface area contributed by atoms with E-state index in [0.29, 0.717) is 0 Å². The number of fused-ring (bicyclic) bond motifs is 1. The number of aryl methyl sites for hydroxylation is 1. The Labute approximate surface area is 108 Å². The molecule has 0 spiro atoms. The lowest BCUT2D eigenvalue weighted by molar-refractivity contribution is -0.123. The lowest BCUT2D eigenvalue weighted by atomic mass is 10.3. The summed E-state index contributed by atoms with van der Waals surface area (Å²) in [5, 5.41) is 2.51. The van der Waals surface area contributed by atoms with Gasteiger partial charge in [0.05, 0.1) is 6.33 Å². The number of hydrogen-bond donors (Lipinski definition) is 1. The molecule has 0 saturated heterocycles. The Morgan fingerprint density at radius 2 is 1.95 bits per heavy atom. The van der Waals surface area contributed by atoms with Crippen LogP contribution in [0.15, 0.2) is 15.9 Å². The highest BCUT2D eigenvalue weighted by Crippen LogP contribution is 2.12. The largest absolute Gasteiger partial charge is 0.357 e. The van der Waals surface area contributed by atoms with Crippen molar-refractivity contribution in [2.24, 2.45) is 14.1 Å². The molecular formula is C11H15N5O3. The normalized spacial score (nSPS) is 12.6. The Morgan fingerprint density at radius 1 is 1.32 bits per heavy atom. The quantitative estimate of drug-likeness (QED) is 0.734. The van der Waals surface area contributed by atoms with E-state index in [9.17, 15) is 14.4 Å². The van der Waals surface area contributed by atoms with Crippen LogP contribution in [0.5, 0.6) is 0 Å². The molecule has 1 unspecified atom stereocenters. The molecule has 0 saturated carbocycles. The molecule has 8 heteroatoms. The van der Waals surface area contributed by atoms with E-state index in [1.807, 2.05) is 0 Å². The fourth-order valence-electron chi connectivity index (χ4n) is 1.99. The molecule has 1 amide bonds. The molecule has 0 fully saturated rings. The average Bonchev–Trinajstić information content (AvgIpc) is 2.85. The number of amides is 1. The van der Waals surface area contributed by atoms with Crippen LogP contribution in [0, 0.1) is 0 Å². The van der Waals surface area contributed by atoms with E-state index in [-0.39, 0.29) is 17.1 Å². The number of carbonyl (C=O) groups is 1. The van der Waals surface area contributed by atoms with E-state index in [0.717, 1.165) is 4.57 Å². The molecule has 0 aliphatic rings. The van der Waals surface area contributed by atoms with E-state index in [2.05, 4.69) is 10.3 Å². The first kappa shape index (κ1) is 13.1. The van der Waals surface area contributed by atoms with Crippen LogP contribution in [0.2, 0.25) is 0 Å². The maximum atomic E-state index is 12.2. The van der Waals surface area contributed by atoms with E-state index >= 15 is 0 Å². The Bertz CT molecular complexity index is 767. The number of rotatable bonds is 2. The first-order valence-corrected chi connectivity index (χ1v) is 5.74. The summed E-state index contributed by atoms with van der Waals surface area (Å²) in [6.45, 7) is 1.66. The van der Waals surface area contributed by atoms with Gasteiger partial charge in [-0.05, 0) is 6.92 Å². The van der Waals surface area contributed by atoms with Gasteiger partial charge in [0.25, 0.3) is 5.56 Å². The summed E-state index contributed by atoms with van der Waals surface area (Å²) in [6, 6.07) is -0.583. The fourth-order valence-corrected chi connectivity index (χ4v) is 1.99. The summed E-state index contributed by atoms with van der Waals surface area (Å²) in [6.07, 6.45) is 1.39. The number of nitrogens with one attached hydrogen (secondary N) is 1. The summed E-state index contributed by atoms with van der Waals surface area (Å²) in [7, 11) is 4.45. The van der Waals surface area contributed by atoms with Crippen LogP contribution in [-0.2, 0) is 18.9 Å². The maximum absolute atomic E-state index is 12.2. The highest BCUT2D eigenvalue weighted by atomic mass is 16.2. The first-order chi connectivity index (χ1) is 8.90. The van der Waals surface area contributed by atoms with E-state index < -0.39 is 17.3 Å². The minimum absolute atomic E-state index is 0.237. The monoisotopic (exact) mass is 265 g/mol. The SMILES string of the molecule is CNC(=O)C(C)n1cnc2c1c(=O)n(C)c(=O)n2C. The second kappa shape index (κ2) is 4.38. The summed E-state index contributed by atoms with van der Waals surface area (Å²) < 4.78 is 3.75. The number of likely N-dealkylation sites (N-methyl/N-ethyl adjacent to an activating group) is 1. The molecule has 2 heterocycles. The van der Waals surface area contributed by atoms with Crippen molar-refractivity contribution in [1.29, 1.82) is 0 Å². The van der Waals surface area contributed by atoms with E-state index in [1.165, 1.54) is 36.6 Å². The molecule has 0 aromatic carbocycles. The smallest absolute Gasteiger partial charge is 0.332 e. The molecular weight excluding hydrogens is 250 g/mol. The third kappa shape index (κ3) is 1.76. The topological polar surface area (TPSA) is 90.9 Å². The van der Waals surface area contributed by atoms with Crippen LogP contribution in [-0.4, -0.2) is 31.6 Å². The second-order valence-electron chi connectivity index (χ2n) is 4.32. The van der Waals surface area contributed by atoms with Crippen molar-refractivity contribution in [2.75, 3.05) is 7.05 Å². The molecule has 0 radical (unpaired) electrons. The molecule has 2 rings (SSSR count). The number of hydrogen-bond acceptors (Lipinski definition) is 4. The summed E-state index contributed by atoms with van der Waals surface area (Å²) in [5.74, 6) is -0.241. The Morgan fingerprint density at radius 3 is 2.53 bits per heavy atom. The second-order valence-corrected chi connectivity index (χ2v) is 4.32. The number of imidazole rings is 1. The third-order valence-electron chi connectivity index (χ3n) is 3.22. The van der Waals surface area contributed by atoms with Gasteiger partial charge in [-0.1, -0.05) is 0 Å². The number of aromatic nitrogens is 4. The van der Waals surface area contributed by atoms with Gasteiger partial charge in [0.1, 0.15) is 6.04 Å². The Balaban J connectivity index is 2.84. The van der Waals surface area contributed by atoms with Gasteiger partial charge in [-0.25, -0.2) is 9.78 Å². The zero-order chi connectivity index (χ0) is 14.3. The summed E-state index contributed by atoms with van der Waals surface area (Å²) >= 11 is 0. The standard InChI is InChI=1S/C11H15N5O3/c1-6(9(17)12-2)16-5-13-8-7(16)10(18)15(4)11(19)14(8)3/h5-6H,1-4H3,(H,12,17).